The first-order valence-corrected chi connectivity index (χ1v) is 8.08. The van der Waals surface area contributed by atoms with Crippen LogP contribution < -0.4 is 10.1 Å². The van der Waals surface area contributed by atoms with Crippen LogP contribution in [-0.2, 0) is 0 Å². The quantitative estimate of drug-likeness (QED) is 0.525. The van der Waals surface area contributed by atoms with Crippen LogP contribution in [0.5, 0.6) is 0 Å². The molecule has 0 spiro atoms. The Morgan fingerprint density at radius 1 is 1.05 bits per heavy atom. The number of hydrogen-bond acceptors (Lipinski definition) is 3. The van der Waals surface area contributed by atoms with Crippen LogP contribution >= 0.6 is 34.5 Å². The second-order valence-corrected chi connectivity index (χ2v) is 6.59. The Kier molecular flexibility index (Phi) is 3.18. The molecule has 0 saturated carbocycles. The number of rotatable bonds is 1. The normalized spacial score (nSPS) is 12.5. The standard InChI is InChI=1S/C16H8Cl2N2OS/c17-10-4-3-5-11(18)9(10)8-14-15(21)20-13-7-2-1-6-12(13)19-16(20)22-14/h1-8H. The number of halogens is 2. The number of imidazole rings is 1. The van der Waals surface area contributed by atoms with E-state index in [1.807, 2.05) is 24.3 Å². The summed E-state index contributed by atoms with van der Waals surface area (Å²) in [4.78, 5) is 17.8. The fourth-order valence-corrected chi connectivity index (χ4v) is 3.87. The van der Waals surface area contributed by atoms with Gasteiger partial charge in [-0.05, 0) is 30.3 Å². The lowest BCUT2D eigenvalue weighted by molar-refractivity contribution is 1.19. The summed E-state index contributed by atoms with van der Waals surface area (Å²) in [6, 6.07) is 12.8. The van der Waals surface area contributed by atoms with Gasteiger partial charge in [0.15, 0.2) is 4.96 Å². The fraction of sp³-hybridized carbons (Fsp3) is 0. The molecule has 0 unspecified atom stereocenters. The summed E-state index contributed by atoms with van der Waals surface area (Å²) in [5.41, 5.74) is 2.17. The molecule has 0 aliphatic heterocycles. The van der Waals surface area contributed by atoms with E-state index in [2.05, 4.69) is 4.98 Å². The van der Waals surface area contributed by atoms with E-state index in [-0.39, 0.29) is 5.56 Å². The number of hydrogen-bond donors (Lipinski definition) is 0. The van der Waals surface area contributed by atoms with Crippen LogP contribution in [0.4, 0.5) is 0 Å². The minimum atomic E-state index is -0.107. The van der Waals surface area contributed by atoms with Crippen molar-refractivity contribution in [2.45, 2.75) is 0 Å². The van der Waals surface area contributed by atoms with Gasteiger partial charge in [0.1, 0.15) is 0 Å². The van der Waals surface area contributed by atoms with E-state index < -0.39 is 0 Å². The highest BCUT2D eigenvalue weighted by atomic mass is 35.5. The molecular formula is C16H8Cl2N2OS. The number of thiazole rings is 1. The Balaban J connectivity index is 2.06. The van der Waals surface area contributed by atoms with Crippen molar-refractivity contribution in [3.8, 4) is 0 Å². The van der Waals surface area contributed by atoms with Crippen LogP contribution in [0.25, 0.3) is 22.1 Å². The van der Waals surface area contributed by atoms with Crippen LogP contribution in [0.1, 0.15) is 5.56 Å². The third-order valence-electron chi connectivity index (χ3n) is 3.42. The molecule has 0 radical (unpaired) electrons. The zero-order chi connectivity index (χ0) is 15.3. The van der Waals surface area contributed by atoms with Gasteiger partial charge in [0.05, 0.1) is 15.6 Å². The fourth-order valence-electron chi connectivity index (χ4n) is 2.39. The number of para-hydroxylation sites is 2. The lowest BCUT2D eigenvalue weighted by Crippen LogP contribution is -2.22. The first-order valence-electron chi connectivity index (χ1n) is 6.51. The molecule has 2 aromatic heterocycles. The molecular weight excluding hydrogens is 339 g/mol. The van der Waals surface area contributed by atoms with Gasteiger partial charge in [-0.1, -0.05) is 52.7 Å². The summed E-state index contributed by atoms with van der Waals surface area (Å²) >= 11 is 13.7. The van der Waals surface area contributed by atoms with Gasteiger partial charge in [0.2, 0.25) is 0 Å². The third kappa shape index (κ3) is 2.03. The average molecular weight is 347 g/mol. The third-order valence-corrected chi connectivity index (χ3v) is 5.05. The summed E-state index contributed by atoms with van der Waals surface area (Å²) in [6.07, 6.45) is 1.72. The molecule has 2 aromatic carbocycles. The zero-order valence-electron chi connectivity index (χ0n) is 11.1. The van der Waals surface area contributed by atoms with E-state index in [0.29, 0.717) is 25.1 Å². The van der Waals surface area contributed by atoms with Crippen LogP contribution in [0.15, 0.2) is 47.3 Å². The van der Waals surface area contributed by atoms with E-state index in [4.69, 9.17) is 23.2 Å². The molecule has 4 rings (SSSR count). The minimum absolute atomic E-state index is 0.107. The number of fused-ring (bicyclic) bond motifs is 3. The number of benzene rings is 2. The molecule has 0 bridgehead atoms. The molecule has 0 aliphatic rings. The molecule has 0 aliphatic carbocycles. The predicted molar refractivity (Wildman–Crippen MR) is 92.1 cm³/mol. The highest BCUT2D eigenvalue weighted by Gasteiger charge is 2.11. The summed E-state index contributed by atoms with van der Waals surface area (Å²) in [6.45, 7) is 0. The second-order valence-electron chi connectivity index (χ2n) is 4.77. The lowest BCUT2D eigenvalue weighted by Gasteiger charge is -1.99. The van der Waals surface area contributed by atoms with Gasteiger partial charge >= 0.3 is 0 Å². The maximum absolute atomic E-state index is 12.6. The Hall–Kier alpha value is -1.88. The van der Waals surface area contributed by atoms with Gasteiger partial charge in [-0.15, -0.1) is 0 Å². The molecule has 108 valence electrons. The Bertz CT molecular complexity index is 1110. The molecule has 4 aromatic rings. The van der Waals surface area contributed by atoms with Crippen molar-refractivity contribution in [1.29, 1.82) is 0 Å². The molecule has 6 heteroatoms. The van der Waals surface area contributed by atoms with E-state index >= 15 is 0 Å². The van der Waals surface area contributed by atoms with Crippen LogP contribution in [0.2, 0.25) is 10.0 Å². The van der Waals surface area contributed by atoms with Crippen molar-refractivity contribution in [3.63, 3.8) is 0 Å². The average Bonchev–Trinajstić information content (AvgIpc) is 3.00. The van der Waals surface area contributed by atoms with Crippen LogP contribution in [0, 0.1) is 0 Å². The van der Waals surface area contributed by atoms with Gasteiger partial charge in [-0.3, -0.25) is 4.79 Å². The van der Waals surface area contributed by atoms with Crippen LogP contribution in [-0.4, -0.2) is 9.38 Å². The van der Waals surface area contributed by atoms with Crippen molar-refractivity contribution < 1.29 is 0 Å². The number of nitrogens with zero attached hydrogens (tertiary/aromatic N) is 2. The van der Waals surface area contributed by atoms with Gasteiger partial charge in [0.25, 0.3) is 5.56 Å². The molecule has 0 amide bonds. The molecule has 0 saturated heterocycles. The zero-order valence-corrected chi connectivity index (χ0v) is 13.4. The molecule has 3 nitrogen and oxygen atoms in total. The maximum atomic E-state index is 12.6. The van der Waals surface area contributed by atoms with Crippen molar-refractivity contribution >= 4 is 56.6 Å². The van der Waals surface area contributed by atoms with Gasteiger partial charge in [-0.2, -0.15) is 0 Å². The van der Waals surface area contributed by atoms with Crippen molar-refractivity contribution in [2.75, 3.05) is 0 Å². The topological polar surface area (TPSA) is 34.4 Å². The number of aromatic nitrogens is 2. The highest BCUT2D eigenvalue weighted by Crippen LogP contribution is 2.25. The van der Waals surface area contributed by atoms with Gasteiger partial charge < -0.3 is 0 Å². The summed E-state index contributed by atoms with van der Waals surface area (Å²) in [5, 5.41) is 1.03. The lowest BCUT2D eigenvalue weighted by atomic mass is 10.2. The first-order chi connectivity index (χ1) is 10.6. The van der Waals surface area contributed by atoms with Gasteiger partial charge in [0, 0.05) is 15.6 Å². The second kappa shape index (κ2) is 5.09. The smallest absolute Gasteiger partial charge is 0.267 e. The maximum Gasteiger partial charge on any atom is 0.274 e. The SMILES string of the molecule is O=c1c(=Cc2c(Cl)cccc2Cl)sc2nc3ccccc3n12. The molecule has 2 heterocycles. The molecule has 0 fully saturated rings. The van der Waals surface area contributed by atoms with E-state index in [0.717, 1.165) is 11.0 Å². The minimum Gasteiger partial charge on any atom is -0.267 e. The Morgan fingerprint density at radius 2 is 1.77 bits per heavy atom. The largest absolute Gasteiger partial charge is 0.274 e. The van der Waals surface area contributed by atoms with Crippen molar-refractivity contribution in [3.05, 3.63) is 73.0 Å². The van der Waals surface area contributed by atoms with E-state index in [1.165, 1.54) is 11.3 Å². The summed E-state index contributed by atoms with van der Waals surface area (Å²) < 4.78 is 2.18. The Labute approximate surface area is 139 Å². The summed E-state index contributed by atoms with van der Waals surface area (Å²) in [7, 11) is 0. The monoisotopic (exact) mass is 346 g/mol. The first kappa shape index (κ1) is 13.8. The van der Waals surface area contributed by atoms with E-state index in [9.17, 15) is 4.79 Å². The van der Waals surface area contributed by atoms with Crippen molar-refractivity contribution in [2.24, 2.45) is 0 Å². The van der Waals surface area contributed by atoms with Crippen LogP contribution in [0.3, 0.4) is 0 Å². The van der Waals surface area contributed by atoms with E-state index in [1.54, 1.807) is 28.7 Å². The highest BCUT2D eigenvalue weighted by molar-refractivity contribution is 7.15. The van der Waals surface area contributed by atoms with Crippen molar-refractivity contribution in [1.82, 2.24) is 9.38 Å². The molecule has 0 N–H and O–H groups in total. The Morgan fingerprint density at radius 3 is 2.55 bits per heavy atom. The molecule has 22 heavy (non-hydrogen) atoms. The summed E-state index contributed by atoms with van der Waals surface area (Å²) in [5.74, 6) is 0. The molecule has 0 atom stereocenters. The van der Waals surface area contributed by atoms with Gasteiger partial charge in [-0.25, -0.2) is 9.38 Å². The predicted octanol–water partition coefficient (Wildman–Crippen LogP) is 3.76.